The quantitative estimate of drug-likeness (QED) is 0.759. The summed E-state index contributed by atoms with van der Waals surface area (Å²) in [5, 5.41) is 19.2. The third kappa shape index (κ3) is 2.23. The first-order valence-corrected chi connectivity index (χ1v) is 6.38. The van der Waals surface area contributed by atoms with E-state index in [0.29, 0.717) is 12.3 Å². The zero-order chi connectivity index (χ0) is 13.9. The van der Waals surface area contributed by atoms with Gasteiger partial charge in [-0.2, -0.15) is 5.10 Å². The van der Waals surface area contributed by atoms with Crippen molar-refractivity contribution in [1.82, 2.24) is 9.78 Å². The Labute approximate surface area is 117 Å². The number of nitrogens with one attached hydrogen (secondary N) is 1. The van der Waals surface area contributed by atoms with E-state index in [-0.39, 0.29) is 0 Å². The van der Waals surface area contributed by atoms with Gasteiger partial charge < -0.3 is 10.4 Å². The minimum absolute atomic E-state index is 0.297. The van der Waals surface area contributed by atoms with Gasteiger partial charge in [-0.15, -0.1) is 0 Å². The van der Waals surface area contributed by atoms with Gasteiger partial charge in [-0.05, 0) is 12.1 Å². The molecule has 0 amide bonds. The number of hydrogen-bond donors (Lipinski definition) is 2. The van der Waals surface area contributed by atoms with Crippen LogP contribution in [0.4, 0.5) is 5.69 Å². The van der Waals surface area contributed by atoms with E-state index in [1.54, 1.807) is 23.1 Å². The molecule has 1 heterocycles. The number of hydrogen-bond acceptors (Lipinski definition) is 3. The second kappa shape index (κ2) is 5.09. The van der Waals surface area contributed by atoms with Gasteiger partial charge in [0.15, 0.2) is 0 Å². The summed E-state index contributed by atoms with van der Waals surface area (Å²) in [5.74, 6) is 0.297. The van der Waals surface area contributed by atoms with Crippen LogP contribution in [0.15, 0.2) is 55.4 Å². The number of nitrogens with zero attached hydrogens (tertiary/aromatic N) is 2. The summed E-state index contributed by atoms with van der Waals surface area (Å²) in [4.78, 5) is 0. The van der Waals surface area contributed by atoms with Crippen molar-refractivity contribution in [2.75, 3.05) is 5.32 Å². The predicted molar refractivity (Wildman–Crippen MR) is 81.6 cm³/mol. The first kappa shape index (κ1) is 12.3. The van der Waals surface area contributed by atoms with Crippen molar-refractivity contribution in [1.29, 1.82) is 0 Å². The number of anilines is 1. The SMILES string of the molecule is C=Cn1cc(CNc2cccc3c(O)cccc23)cn1. The van der Waals surface area contributed by atoms with Gasteiger partial charge in [-0.1, -0.05) is 30.8 Å². The average Bonchev–Trinajstić information content (AvgIpc) is 2.94. The van der Waals surface area contributed by atoms with Crippen molar-refractivity contribution >= 4 is 22.7 Å². The van der Waals surface area contributed by atoms with E-state index < -0.39 is 0 Å². The number of benzene rings is 2. The van der Waals surface area contributed by atoms with E-state index in [1.807, 2.05) is 36.5 Å². The van der Waals surface area contributed by atoms with Crippen molar-refractivity contribution < 1.29 is 5.11 Å². The van der Waals surface area contributed by atoms with Crippen molar-refractivity contribution in [3.05, 3.63) is 60.9 Å². The van der Waals surface area contributed by atoms with Crippen molar-refractivity contribution in [3.63, 3.8) is 0 Å². The number of rotatable bonds is 4. The second-order valence-corrected chi connectivity index (χ2v) is 4.54. The summed E-state index contributed by atoms with van der Waals surface area (Å²) in [6.07, 6.45) is 5.37. The van der Waals surface area contributed by atoms with Crippen LogP contribution in [0.1, 0.15) is 5.56 Å². The van der Waals surface area contributed by atoms with Gasteiger partial charge in [0.25, 0.3) is 0 Å². The maximum Gasteiger partial charge on any atom is 0.123 e. The molecular weight excluding hydrogens is 250 g/mol. The summed E-state index contributed by atoms with van der Waals surface area (Å²) < 4.78 is 1.67. The van der Waals surface area contributed by atoms with E-state index in [0.717, 1.165) is 22.0 Å². The van der Waals surface area contributed by atoms with Gasteiger partial charge in [0.05, 0.1) is 6.20 Å². The summed E-state index contributed by atoms with van der Waals surface area (Å²) in [6, 6.07) is 11.4. The molecule has 0 saturated heterocycles. The van der Waals surface area contributed by atoms with Gasteiger partial charge in [0, 0.05) is 41.0 Å². The third-order valence-electron chi connectivity index (χ3n) is 3.22. The fourth-order valence-electron chi connectivity index (χ4n) is 2.21. The highest BCUT2D eigenvalue weighted by Crippen LogP contribution is 2.29. The average molecular weight is 265 g/mol. The Morgan fingerprint density at radius 3 is 2.80 bits per heavy atom. The highest BCUT2D eigenvalue weighted by atomic mass is 16.3. The maximum absolute atomic E-state index is 9.86. The highest BCUT2D eigenvalue weighted by molar-refractivity contribution is 5.97. The van der Waals surface area contributed by atoms with Crippen LogP contribution in [0.2, 0.25) is 0 Å². The lowest BCUT2D eigenvalue weighted by atomic mass is 10.1. The van der Waals surface area contributed by atoms with Gasteiger partial charge in [-0.25, -0.2) is 4.68 Å². The summed E-state index contributed by atoms with van der Waals surface area (Å²) >= 11 is 0. The first-order chi connectivity index (χ1) is 9.78. The molecular formula is C16H15N3O. The van der Waals surface area contributed by atoms with Crippen LogP contribution < -0.4 is 5.32 Å². The molecule has 100 valence electrons. The van der Waals surface area contributed by atoms with E-state index in [1.165, 1.54) is 0 Å². The van der Waals surface area contributed by atoms with Crippen LogP contribution in [0.3, 0.4) is 0 Å². The molecule has 0 spiro atoms. The van der Waals surface area contributed by atoms with Crippen molar-refractivity contribution in [2.24, 2.45) is 0 Å². The first-order valence-electron chi connectivity index (χ1n) is 6.38. The van der Waals surface area contributed by atoms with Crippen LogP contribution in [-0.2, 0) is 6.54 Å². The number of fused-ring (bicyclic) bond motifs is 1. The molecule has 0 unspecified atom stereocenters. The van der Waals surface area contributed by atoms with Gasteiger partial charge in [0.1, 0.15) is 5.75 Å². The second-order valence-electron chi connectivity index (χ2n) is 4.54. The fraction of sp³-hybridized carbons (Fsp3) is 0.0625. The van der Waals surface area contributed by atoms with Gasteiger partial charge in [0.2, 0.25) is 0 Å². The molecule has 1 aromatic heterocycles. The van der Waals surface area contributed by atoms with Crippen LogP contribution in [0.25, 0.3) is 17.0 Å². The maximum atomic E-state index is 9.86. The summed E-state index contributed by atoms with van der Waals surface area (Å²) in [5.41, 5.74) is 2.06. The Bertz CT molecular complexity index is 761. The fourth-order valence-corrected chi connectivity index (χ4v) is 2.21. The van der Waals surface area contributed by atoms with Crippen LogP contribution in [-0.4, -0.2) is 14.9 Å². The van der Waals surface area contributed by atoms with Crippen molar-refractivity contribution in [3.8, 4) is 5.75 Å². The zero-order valence-electron chi connectivity index (χ0n) is 11.0. The molecule has 3 aromatic rings. The molecule has 0 aliphatic carbocycles. The van der Waals surface area contributed by atoms with E-state index >= 15 is 0 Å². The highest BCUT2D eigenvalue weighted by Gasteiger charge is 2.04. The number of aromatic hydroxyl groups is 1. The Morgan fingerprint density at radius 1 is 1.20 bits per heavy atom. The molecule has 0 atom stereocenters. The van der Waals surface area contributed by atoms with E-state index in [4.69, 9.17) is 0 Å². The molecule has 0 aliphatic rings. The van der Waals surface area contributed by atoms with E-state index in [2.05, 4.69) is 17.0 Å². The Hall–Kier alpha value is -2.75. The lowest BCUT2D eigenvalue weighted by Gasteiger charge is -2.09. The normalized spacial score (nSPS) is 10.6. The predicted octanol–water partition coefficient (Wildman–Crippen LogP) is 3.45. The summed E-state index contributed by atoms with van der Waals surface area (Å²) in [6.45, 7) is 4.33. The van der Waals surface area contributed by atoms with Gasteiger partial charge >= 0.3 is 0 Å². The van der Waals surface area contributed by atoms with Crippen LogP contribution in [0, 0.1) is 0 Å². The number of phenolic OH excluding ortho intramolecular Hbond substituents is 1. The van der Waals surface area contributed by atoms with Crippen LogP contribution in [0.5, 0.6) is 5.75 Å². The largest absolute Gasteiger partial charge is 0.507 e. The number of phenols is 1. The molecule has 0 saturated carbocycles. The molecule has 4 heteroatoms. The minimum atomic E-state index is 0.297. The lowest BCUT2D eigenvalue weighted by molar-refractivity contribution is 0.481. The smallest absolute Gasteiger partial charge is 0.123 e. The molecule has 0 radical (unpaired) electrons. The molecule has 2 N–H and O–H groups in total. The lowest BCUT2D eigenvalue weighted by Crippen LogP contribution is -1.98. The Kier molecular flexibility index (Phi) is 3.13. The molecule has 2 aromatic carbocycles. The van der Waals surface area contributed by atoms with Crippen molar-refractivity contribution in [2.45, 2.75) is 6.54 Å². The Balaban J connectivity index is 1.87. The Morgan fingerprint density at radius 2 is 2.00 bits per heavy atom. The molecule has 0 bridgehead atoms. The molecule has 20 heavy (non-hydrogen) atoms. The summed E-state index contributed by atoms with van der Waals surface area (Å²) in [7, 11) is 0. The zero-order valence-corrected chi connectivity index (χ0v) is 11.0. The molecule has 3 rings (SSSR count). The molecule has 4 nitrogen and oxygen atoms in total. The monoisotopic (exact) mass is 265 g/mol. The van der Waals surface area contributed by atoms with Gasteiger partial charge in [-0.3, -0.25) is 0 Å². The molecule has 0 fully saturated rings. The standard InChI is InChI=1S/C16H15N3O/c1-2-19-11-12(10-18-19)9-17-15-7-3-6-14-13(15)5-4-8-16(14)20/h2-8,10-11,17,20H,1,9H2. The topological polar surface area (TPSA) is 50.1 Å². The third-order valence-corrected chi connectivity index (χ3v) is 3.22. The van der Waals surface area contributed by atoms with E-state index in [9.17, 15) is 5.11 Å². The number of aromatic nitrogens is 2. The molecule has 0 aliphatic heterocycles. The minimum Gasteiger partial charge on any atom is -0.507 e. The van der Waals surface area contributed by atoms with Crippen LogP contribution >= 0.6 is 0 Å².